The molecule has 0 saturated carbocycles. The van der Waals surface area contributed by atoms with Crippen LogP contribution < -0.4 is 4.90 Å². The van der Waals surface area contributed by atoms with Crippen LogP contribution in [0.1, 0.15) is 12.8 Å². The number of thiazole rings is 1. The Kier molecular flexibility index (Phi) is 3.36. The van der Waals surface area contributed by atoms with Gasteiger partial charge in [-0.2, -0.15) is 0 Å². The minimum atomic E-state index is 0.384. The van der Waals surface area contributed by atoms with Crippen molar-refractivity contribution < 1.29 is 4.74 Å². The fraction of sp³-hybridized carbons (Fsp3) is 0.500. The molecule has 0 amide bonds. The molecule has 4 rings (SSSR count). The maximum Gasteiger partial charge on any atom is 0.187 e. The predicted octanol–water partition coefficient (Wildman–Crippen LogP) is 3.22. The molecule has 2 aliphatic rings. The summed E-state index contributed by atoms with van der Waals surface area (Å²) in [5, 5.41) is 3.13. The SMILES string of the molecule is Brc1cn(-c2csc(N3C[C@H]4CC[C@@H](C3)O4)n2)c(Br)n1. The fourth-order valence-corrected chi connectivity index (χ4v) is 4.68. The Bertz CT molecular complexity index is 631. The van der Waals surface area contributed by atoms with Gasteiger partial charge in [0.1, 0.15) is 4.60 Å². The first-order chi connectivity index (χ1) is 9.69. The van der Waals surface area contributed by atoms with Crippen molar-refractivity contribution in [1.29, 1.82) is 0 Å². The first-order valence-corrected chi connectivity index (χ1v) is 8.92. The highest BCUT2D eigenvalue weighted by atomic mass is 79.9. The average molecular weight is 420 g/mol. The van der Waals surface area contributed by atoms with Crippen LogP contribution in [0.2, 0.25) is 0 Å². The van der Waals surface area contributed by atoms with E-state index in [0.717, 1.165) is 33.4 Å². The number of halogens is 2. The molecule has 106 valence electrons. The minimum absolute atomic E-state index is 0.384. The minimum Gasteiger partial charge on any atom is -0.371 e. The molecule has 8 heteroatoms. The van der Waals surface area contributed by atoms with Crippen molar-refractivity contribution in [3.8, 4) is 5.82 Å². The fourth-order valence-electron chi connectivity index (χ4n) is 2.77. The number of aromatic nitrogens is 3. The van der Waals surface area contributed by atoms with E-state index in [4.69, 9.17) is 9.72 Å². The molecule has 2 saturated heterocycles. The molecule has 0 N–H and O–H groups in total. The zero-order valence-electron chi connectivity index (χ0n) is 10.5. The molecule has 0 aromatic carbocycles. The Labute approximate surface area is 137 Å². The van der Waals surface area contributed by atoms with E-state index in [9.17, 15) is 0 Å². The molecule has 0 spiro atoms. The van der Waals surface area contributed by atoms with Crippen LogP contribution in [0.15, 0.2) is 20.9 Å². The second-order valence-corrected chi connectivity index (χ2v) is 7.41. The van der Waals surface area contributed by atoms with Crippen molar-refractivity contribution in [2.45, 2.75) is 25.0 Å². The van der Waals surface area contributed by atoms with Gasteiger partial charge in [0, 0.05) is 24.7 Å². The Morgan fingerprint density at radius 1 is 1.20 bits per heavy atom. The van der Waals surface area contributed by atoms with Crippen molar-refractivity contribution in [3.63, 3.8) is 0 Å². The van der Waals surface area contributed by atoms with Gasteiger partial charge in [0.2, 0.25) is 0 Å². The van der Waals surface area contributed by atoms with Crippen molar-refractivity contribution in [3.05, 3.63) is 20.9 Å². The highest BCUT2D eigenvalue weighted by Gasteiger charge is 2.34. The molecule has 2 fully saturated rings. The average Bonchev–Trinajstić information content (AvgIpc) is 3.10. The van der Waals surface area contributed by atoms with Gasteiger partial charge in [-0.05, 0) is 44.7 Å². The van der Waals surface area contributed by atoms with Crippen LogP contribution in [-0.4, -0.2) is 39.8 Å². The number of anilines is 1. The standard InChI is InChI=1S/C12H12Br2N4OS/c13-9-5-18(11(14)15-9)10-6-20-12(16-10)17-3-7-1-2-8(4-17)19-7/h5-8H,1-4H2/t7-,8+. The predicted molar refractivity (Wildman–Crippen MR) is 84.7 cm³/mol. The Hall–Kier alpha value is -0.440. The first kappa shape index (κ1) is 13.2. The van der Waals surface area contributed by atoms with Crippen LogP contribution in [0.25, 0.3) is 5.82 Å². The number of morpholine rings is 1. The third-order valence-corrected chi connectivity index (χ3v) is 5.50. The van der Waals surface area contributed by atoms with Gasteiger partial charge < -0.3 is 9.64 Å². The lowest BCUT2D eigenvalue weighted by Gasteiger charge is -2.31. The molecule has 0 radical (unpaired) electrons. The Morgan fingerprint density at radius 3 is 2.60 bits per heavy atom. The summed E-state index contributed by atoms with van der Waals surface area (Å²) >= 11 is 8.49. The second-order valence-electron chi connectivity index (χ2n) is 5.05. The van der Waals surface area contributed by atoms with Gasteiger partial charge in [0.25, 0.3) is 0 Å². The molecule has 0 aliphatic carbocycles. The van der Waals surface area contributed by atoms with Crippen LogP contribution in [0, 0.1) is 0 Å². The van der Waals surface area contributed by atoms with Crippen molar-refractivity contribution in [2.24, 2.45) is 0 Å². The maximum absolute atomic E-state index is 5.87. The summed E-state index contributed by atoms with van der Waals surface area (Å²) in [6.07, 6.45) is 5.04. The smallest absolute Gasteiger partial charge is 0.187 e. The highest BCUT2D eigenvalue weighted by molar-refractivity contribution is 9.11. The Morgan fingerprint density at radius 2 is 1.95 bits per heavy atom. The van der Waals surface area contributed by atoms with E-state index in [1.807, 2.05) is 10.8 Å². The number of rotatable bonds is 2. The van der Waals surface area contributed by atoms with Gasteiger partial charge >= 0.3 is 0 Å². The summed E-state index contributed by atoms with van der Waals surface area (Å²) in [5.41, 5.74) is 0. The number of hydrogen-bond acceptors (Lipinski definition) is 5. The van der Waals surface area contributed by atoms with E-state index >= 15 is 0 Å². The second kappa shape index (κ2) is 5.08. The zero-order chi connectivity index (χ0) is 13.7. The van der Waals surface area contributed by atoms with Crippen molar-refractivity contribution in [1.82, 2.24) is 14.5 Å². The number of ether oxygens (including phenoxy) is 1. The largest absolute Gasteiger partial charge is 0.371 e. The maximum atomic E-state index is 5.87. The lowest BCUT2D eigenvalue weighted by molar-refractivity contribution is 0.0305. The molecule has 2 atom stereocenters. The molecule has 5 nitrogen and oxygen atoms in total. The molecular formula is C12H12Br2N4OS. The van der Waals surface area contributed by atoms with E-state index < -0.39 is 0 Å². The quantitative estimate of drug-likeness (QED) is 0.749. The first-order valence-electron chi connectivity index (χ1n) is 6.46. The van der Waals surface area contributed by atoms with E-state index in [0.29, 0.717) is 12.2 Å². The van der Waals surface area contributed by atoms with Crippen LogP contribution in [-0.2, 0) is 4.74 Å². The van der Waals surface area contributed by atoms with Gasteiger partial charge in [0.15, 0.2) is 15.7 Å². The molecule has 20 heavy (non-hydrogen) atoms. The summed E-state index contributed by atoms with van der Waals surface area (Å²) in [7, 11) is 0. The normalized spacial score (nSPS) is 25.4. The topological polar surface area (TPSA) is 43.2 Å². The highest BCUT2D eigenvalue weighted by Crippen LogP contribution is 2.32. The molecular weight excluding hydrogens is 408 g/mol. The number of nitrogens with zero attached hydrogens (tertiary/aromatic N) is 4. The molecule has 0 unspecified atom stereocenters. The van der Waals surface area contributed by atoms with Crippen molar-refractivity contribution >= 4 is 48.3 Å². The molecule has 2 aromatic rings. The number of fused-ring (bicyclic) bond motifs is 2. The van der Waals surface area contributed by atoms with E-state index in [1.54, 1.807) is 11.3 Å². The van der Waals surface area contributed by atoms with Crippen molar-refractivity contribution in [2.75, 3.05) is 18.0 Å². The number of imidazole rings is 1. The molecule has 2 bridgehead atoms. The van der Waals surface area contributed by atoms with Gasteiger partial charge in [-0.25, -0.2) is 9.97 Å². The molecule has 4 heterocycles. The van der Waals surface area contributed by atoms with E-state index in [1.165, 1.54) is 12.8 Å². The number of hydrogen-bond donors (Lipinski definition) is 0. The van der Waals surface area contributed by atoms with Crippen LogP contribution in [0.4, 0.5) is 5.13 Å². The molecule has 2 aromatic heterocycles. The third-order valence-electron chi connectivity index (χ3n) is 3.67. The van der Waals surface area contributed by atoms with E-state index in [-0.39, 0.29) is 0 Å². The van der Waals surface area contributed by atoms with Gasteiger partial charge in [-0.3, -0.25) is 4.57 Å². The van der Waals surface area contributed by atoms with E-state index in [2.05, 4.69) is 47.1 Å². The Balaban J connectivity index is 1.60. The summed E-state index contributed by atoms with van der Waals surface area (Å²) in [4.78, 5) is 11.4. The van der Waals surface area contributed by atoms with Crippen LogP contribution in [0.3, 0.4) is 0 Å². The molecule has 2 aliphatic heterocycles. The summed E-state index contributed by atoms with van der Waals surface area (Å²) in [5.74, 6) is 0.897. The summed E-state index contributed by atoms with van der Waals surface area (Å²) in [6, 6.07) is 0. The lowest BCUT2D eigenvalue weighted by Crippen LogP contribution is -2.42. The summed E-state index contributed by atoms with van der Waals surface area (Å²) in [6.45, 7) is 1.91. The van der Waals surface area contributed by atoms with Gasteiger partial charge in [0.05, 0.1) is 12.2 Å². The van der Waals surface area contributed by atoms with Gasteiger partial charge in [-0.15, -0.1) is 11.3 Å². The van der Waals surface area contributed by atoms with Gasteiger partial charge in [-0.1, -0.05) is 0 Å². The lowest BCUT2D eigenvalue weighted by atomic mass is 10.2. The summed E-state index contributed by atoms with van der Waals surface area (Å²) < 4.78 is 9.35. The zero-order valence-corrected chi connectivity index (χ0v) is 14.5. The van der Waals surface area contributed by atoms with Crippen LogP contribution >= 0.6 is 43.2 Å². The van der Waals surface area contributed by atoms with Crippen LogP contribution in [0.5, 0.6) is 0 Å². The monoisotopic (exact) mass is 418 g/mol. The third kappa shape index (κ3) is 2.32.